The van der Waals surface area contributed by atoms with E-state index >= 15 is 0 Å². The van der Waals surface area contributed by atoms with E-state index < -0.39 is 17.6 Å². The summed E-state index contributed by atoms with van der Waals surface area (Å²) in [5.74, 6) is -1.00. The van der Waals surface area contributed by atoms with Crippen molar-refractivity contribution in [1.29, 1.82) is 0 Å². The number of aryl methyl sites for hydroxylation is 1. The van der Waals surface area contributed by atoms with Crippen molar-refractivity contribution < 1.29 is 14.6 Å². The van der Waals surface area contributed by atoms with Crippen LogP contribution in [0.25, 0.3) is 0 Å². The van der Waals surface area contributed by atoms with E-state index in [1.54, 1.807) is 0 Å². The molecule has 0 aliphatic rings. The van der Waals surface area contributed by atoms with Crippen LogP contribution in [0, 0.1) is 6.92 Å². The average molecular weight is 486 g/mol. The molecule has 0 aliphatic carbocycles. The van der Waals surface area contributed by atoms with Crippen molar-refractivity contribution in [3.63, 3.8) is 0 Å². The van der Waals surface area contributed by atoms with Gasteiger partial charge in [-0.15, -0.1) is 0 Å². The smallest absolute Gasteiger partial charge is 0.323 e. The Balaban J connectivity index is 1.80. The van der Waals surface area contributed by atoms with E-state index in [1.807, 2.05) is 116 Å². The minimum Gasteiger partial charge on any atom is -0.480 e. The number of benzene rings is 4. The molecule has 178 valence electrons. The number of carbonyl (C=O) groups is 1. The zero-order valence-corrected chi connectivity index (χ0v) is 20.3. The molecule has 0 spiro atoms. The predicted octanol–water partition coefficient (Wildman–Crippen LogP) is 6.20. The first-order valence-corrected chi connectivity index (χ1v) is 11.9. The molecule has 35 heavy (non-hydrogen) atoms. The molecule has 0 aliphatic heterocycles. The van der Waals surface area contributed by atoms with Crippen LogP contribution in [-0.4, -0.2) is 23.7 Å². The maximum absolute atomic E-state index is 12.5. The van der Waals surface area contributed by atoms with Crippen LogP contribution in [0.2, 0.25) is 5.02 Å². The zero-order chi connectivity index (χ0) is 24.7. The number of aliphatic carboxylic acids is 1. The minimum atomic E-state index is -1.02. The summed E-state index contributed by atoms with van der Waals surface area (Å²) < 4.78 is 5.87. The molecule has 0 saturated carbocycles. The van der Waals surface area contributed by atoms with Crippen LogP contribution < -0.4 is 5.32 Å². The van der Waals surface area contributed by atoms with Crippen molar-refractivity contribution in [3.8, 4) is 0 Å². The molecule has 5 heteroatoms. The van der Waals surface area contributed by atoms with Crippen LogP contribution >= 0.6 is 11.6 Å². The molecular weight excluding hydrogens is 458 g/mol. The van der Waals surface area contributed by atoms with E-state index in [9.17, 15) is 9.90 Å². The Kier molecular flexibility index (Phi) is 7.98. The lowest BCUT2D eigenvalue weighted by molar-refractivity contribution is -0.141. The van der Waals surface area contributed by atoms with Crippen LogP contribution in [0.4, 0.5) is 0 Å². The third-order valence-corrected chi connectivity index (χ3v) is 6.38. The third kappa shape index (κ3) is 5.63. The monoisotopic (exact) mass is 485 g/mol. The van der Waals surface area contributed by atoms with Crippen molar-refractivity contribution >= 4 is 17.6 Å². The highest BCUT2D eigenvalue weighted by molar-refractivity contribution is 6.31. The normalized spacial score (nSPS) is 13.7. The molecule has 0 radical (unpaired) electrons. The topological polar surface area (TPSA) is 58.6 Å². The molecular formula is C30H28ClNO3. The summed E-state index contributed by atoms with van der Waals surface area (Å²) in [6.45, 7) is 2.32. The maximum atomic E-state index is 12.5. The summed E-state index contributed by atoms with van der Waals surface area (Å²) in [6, 6.07) is 34.1. The van der Waals surface area contributed by atoms with Gasteiger partial charge >= 0.3 is 5.97 Å². The maximum Gasteiger partial charge on any atom is 0.323 e. The predicted molar refractivity (Wildman–Crippen MR) is 140 cm³/mol. The molecule has 4 aromatic rings. The second kappa shape index (κ2) is 11.3. The van der Waals surface area contributed by atoms with Gasteiger partial charge in [-0.05, 0) is 35.2 Å². The van der Waals surface area contributed by atoms with Gasteiger partial charge in [0.25, 0.3) is 0 Å². The quantitative estimate of drug-likeness (QED) is 0.262. The first-order chi connectivity index (χ1) is 17.0. The van der Waals surface area contributed by atoms with Gasteiger partial charge in [-0.2, -0.15) is 0 Å². The van der Waals surface area contributed by atoms with Gasteiger partial charge in [0.2, 0.25) is 0 Å². The van der Waals surface area contributed by atoms with Gasteiger partial charge in [-0.25, -0.2) is 0 Å². The number of ether oxygens (including phenoxy) is 1. The molecule has 0 saturated heterocycles. The molecule has 0 heterocycles. The van der Waals surface area contributed by atoms with E-state index in [2.05, 4.69) is 5.32 Å². The van der Waals surface area contributed by atoms with Crippen LogP contribution in [0.1, 0.15) is 27.8 Å². The van der Waals surface area contributed by atoms with Crippen LogP contribution in [0.5, 0.6) is 0 Å². The summed E-state index contributed by atoms with van der Waals surface area (Å²) in [6.07, 6.45) is 0. The van der Waals surface area contributed by atoms with E-state index in [-0.39, 0.29) is 6.61 Å². The summed E-state index contributed by atoms with van der Waals surface area (Å²) in [7, 11) is 0. The summed E-state index contributed by atoms with van der Waals surface area (Å²) in [5.41, 5.74) is 3.60. The van der Waals surface area contributed by atoms with Crippen molar-refractivity contribution in [1.82, 2.24) is 5.32 Å². The van der Waals surface area contributed by atoms with Crippen molar-refractivity contribution in [3.05, 3.63) is 142 Å². The molecule has 0 bridgehead atoms. The molecule has 0 amide bonds. The van der Waals surface area contributed by atoms with E-state index in [4.69, 9.17) is 16.3 Å². The van der Waals surface area contributed by atoms with Gasteiger partial charge in [0.1, 0.15) is 6.04 Å². The largest absolute Gasteiger partial charge is 0.480 e. The molecule has 2 atom stereocenters. The van der Waals surface area contributed by atoms with Gasteiger partial charge in [0.05, 0.1) is 18.8 Å². The first-order valence-electron chi connectivity index (χ1n) is 11.5. The number of hydrogen-bond donors (Lipinski definition) is 2. The van der Waals surface area contributed by atoms with Crippen LogP contribution in [-0.2, 0) is 21.7 Å². The summed E-state index contributed by atoms with van der Waals surface area (Å²) in [4.78, 5) is 12.5. The number of carboxylic acids is 1. The molecule has 4 nitrogen and oxygen atoms in total. The Hall–Kier alpha value is -3.44. The number of rotatable bonds is 10. The van der Waals surface area contributed by atoms with Gasteiger partial charge in [-0.1, -0.05) is 120 Å². The standard InChI is InChI=1S/C30H28ClNO3/c1-22-16-18-25(19-17-22)30(24-12-6-3-7-13-24,26-14-8-9-15-27(26)31)32-28(29(33)34)21-35-20-23-10-4-2-5-11-23/h2-19,28,32H,20-21H2,1H3,(H,33,34)/t28-,30?/m0/s1. The fraction of sp³-hybridized carbons (Fsp3) is 0.167. The number of halogens is 1. The molecule has 4 aromatic carbocycles. The van der Waals surface area contributed by atoms with Crippen LogP contribution in [0.3, 0.4) is 0 Å². The lowest BCUT2D eigenvalue weighted by Crippen LogP contribution is -2.54. The lowest BCUT2D eigenvalue weighted by Gasteiger charge is -2.39. The Morgan fingerprint density at radius 2 is 1.43 bits per heavy atom. The van der Waals surface area contributed by atoms with Crippen molar-refractivity contribution in [2.45, 2.75) is 25.1 Å². The fourth-order valence-corrected chi connectivity index (χ4v) is 4.56. The highest BCUT2D eigenvalue weighted by atomic mass is 35.5. The van der Waals surface area contributed by atoms with E-state index in [1.165, 1.54) is 0 Å². The molecule has 1 unspecified atom stereocenters. The van der Waals surface area contributed by atoms with Crippen molar-refractivity contribution in [2.75, 3.05) is 6.61 Å². The first kappa shape index (κ1) is 24.7. The second-order valence-electron chi connectivity index (χ2n) is 8.50. The van der Waals surface area contributed by atoms with Crippen molar-refractivity contribution in [2.24, 2.45) is 0 Å². The van der Waals surface area contributed by atoms with E-state index in [0.717, 1.165) is 27.8 Å². The summed E-state index contributed by atoms with van der Waals surface area (Å²) >= 11 is 6.77. The number of carboxylic acid groups (broad SMARTS) is 1. The lowest BCUT2D eigenvalue weighted by atomic mass is 9.76. The summed E-state index contributed by atoms with van der Waals surface area (Å²) in [5, 5.41) is 14.2. The Morgan fingerprint density at radius 1 is 0.857 bits per heavy atom. The van der Waals surface area contributed by atoms with Gasteiger partial charge in [0, 0.05) is 5.02 Å². The highest BCUT2D eigenvalue weighted by Gasteiger charge is 2.41. The molecule has 2 N–H and O–H groups in total. The Bertz CT molecular complexity index is 1250. The van der Waals surface area contributed by atoms with Gasteiger partial charge < -0.3 is 9.84 Å². The molecule has 0 fully saturated rings. The molecule has 4 rings (SSSR count). The number of nitrogens with one attached hydrogen (secondary N) is 1. The van der Waals surface area contributed by atoms with Crippen LogP contribution in [0.15, 0.2) is 109 Å². The minimum absolute atomic E-state index is 0.0187. The fourth-order valence-electron chi connectivity index (χ4n) is 4.28. The average Bonchev–Trinajstić information content (AvgIpc) is 2.88. The van der Waals surface area contributed by atoms with E-state index in [0.29, 0.717) is 11.6 Å². The second-order valence-corrected chi connectivity index (χ2v) is 8.90. The SMILES string of the molecule is Cc1ccc(C(N[C@@H](COCc2ccccc2)C(=O)O)(c2ccccc2)c2ccccc2Cl)cc1. The van der Waals surface area contributed by atoms with Gasteiger partial charge in [0.15, 0.2) is 0 Å². The number of hydrogen-bond acceptors (Lipinski definition) is 3. The Morgan fingerprint density at radius 3 is 2.06 bits per heavy atom. The highest BCUT2D eigenvalue weighted by Crippen LogP contribution is 2.40. The zero-order valence-electron chi connectivity index (χ0n) is 19.5. The van der Waals surface area contributed by atoms with Gasteiger partial charge in [-0.3, -0.25) is 10.1 Å². The molecule has 0 aromatic heterocycles. The third-order valence-electron chi connectivity index (χ3n) is 6.05. The Labute approximate surface area is 211 Å².